The number of rotatable bonds is 0. The van der Waals surface area contributed by atoms with Gasteiger partial charge in [0.2, 0.25) is 0 Å². The zero-order valence-electron chi connectivity index (χ0n) is 9.42. The summed E-state index contributed by atoms with van der Waals surface area (Å²) in [7, 11) is 0. The number of carbonyl (C=O) groups is 1. The highest BCUT2D eigenvalue weighted by Crippen LogP contribution is 2.24. The smallest absolute Gasteiger partial charge is 0.141 e. The molecule has 2 unspecified atom stereocenters. The quantitative estimate of drug-likeness (QED) is 0.572. The van der Waals surface area contributed by atoms with Gasteiger partial charge in [-0.2, -0.15) is 0 Å². The first kappa shape index (κ1) is 10.7. The van der Waals surface area contributed by atoms with E-state index in [1.165, 1.54) is 0 Å². The summed E-state index contributed by atoms with van der Waals surface area (Å²) in [5.74, 6) is 0.853. The van der Waals surface area contributed by atoms with E-state index in [0.29, 0.717) is 5.78 Å². The number of ketones is 1. The Morgan fingerprint density at radius 3 is 1.85 bits per heavy atom. The van der Waals surface area contributed by atoms with Crippen molar-refractivity contribution in [3.05, 3.63) is 0 Å². The minimum Gasteiger partial charge on any atom is -0.299 e. The molecule has 0 aromatic rings. The van der Waals surface area contributed by atoms with Crippen molar-refractivity contribution in [2.24, 2.45) is 11.8 Å². The molecule has 0 N–H and O–H groups in total. The molecule has 0 amide bonds. The van der Waals surface area contributed by atoms with Crippen molar-refractivity contribution in [3.8, 4) is 0 Å². The molecule has 0 saturated carbocycles. The van der Waals surface area contributed by atoms with Gasteiger partial charge in [-0.3, -0.25) is 9.69 Å². The molecule has 1 aliphatic heterocycles. The van der Waals surface area contributed by atoms with E-state index in [4.69, 9.17) is 0 Å². The summed E-state index contributed by atoms with van der Waals surface area (Å²) in [6, 6.07) is 0. The first-order valence-corrected chi connectivity index (χ1v) is 5.11. The van der Waals surface area contributed by atoms with Crippen molar-refractivity contribution in [1.82, 2.24) is 4.90 Å². The van der Waals surface area contributed by atoms with Gasteiger partial charge in [0.1, 0.15) is 5.78 Å². The molecule has 76 valence electrons. The highest BCUT2D eigenvalue weighted by atomic mass is 16.1. The van der Waals surface area contributed by atoms with Crippen LogP contribution in [0.15, 0.2) is 0 Å². The summed E-state index contributed by atoms with van der Waals surface area (Å²) in [6.07, 6.45) is 0. The molecule has 2 atom stereocenters. The Kier molecular flexibility index (Phi) is 2.81. The van der Waals surface area contributed by atoms with E-state index in [9.17, 15) is 4.79 Å². The maximum absolute atomic E-state index is 11.6. The normalized spacial score (nSPS) is 32.2. The van der Waals surface area contributed by atoms with Crippen LogP contribution in [0.4, 0.5) is 0 Å². The number of likely N-dealkylation sites (tertiary alicyclic amines) is 1. The average Bonchev–Trinajstić information content (AvgIpc) is 1.97. The van der Waals surface area contributed by atoms with Gasteiger partial charge < -0.3 is 0 Å². The molecule has 1 saturated heterocycles. The lowest BCUT2D eigenvalue weighted by molar-refractivity contribution is -0.131. The third-order valence-corrected chi connectivity index (χ3v) is 2.91. The number of carbonyl (C=O) groups excluding carboxylic acids is 1. The SMILES string of the molecule is CC1CN(C(C)(C)C)CC(C)C1=O. The summed E-state index contributed by atoms with van der Waals surface area (Å²) in [5, 5.41) is 0. The average molecular weight is 183 g/mol. The maximum Gasteiger partial charge on any atom is 0.141 e. The molecule has 1 aliphatic rings. The predicted octanol–water partition coefficient (Wildman–Crippen LogP) is 1.94. The summed E-state index contributed by atoms with van der Waals surface area (Å²) in [5.41, 5.74) is 0.198. The molecular weight excluding hydrogens is 162 g/mol. The zero-order chi connectivity index (χ0) is 10.2. The Morgan fingerprint density at radius 1 is 1.15 bits per heavy atom. The van der Waals surface area contributed by atoms with Crippen molar-refractivity contribution < 1.29 is 4.79 Å². The van der Waals surface area contributed by atoms with Crippen LogP contribution in [0.2, 0.25) is 0 Å². The standard InChI is InChI=1S/C11H21NO/c1-8-6-12(11(3,4)5)7-9(2)10(8)13/h8-9H,6-7H2,1-5H3. The number of hydrogen-bond acceptors (Lipinski definition) is 2. The fourth-order valence-electron chi connectivity index (χ4n) is 1.95. The number of Topliss-reactive ketones (excluding diaryl/α,β-unsaturated/α-hetero) is 1. The Labute approximate surface area is 81.3 Å². The van der Waals surface area contributed by atoms with Crippen LogP contribution in [-0.2, 0) is 4.79 Å². The Hall–Kier alpha value is -0.370. The monoisotopic (exact) mass is 183 g/mol. The molecule has 0 aromatic carbocycles. The molecule has 0 radical (unpaired) electrons. The van der Waals surface area contributed by atoms with E-state index in [1.54, 1.807) is 0 Å². The molecule has 1 fully saturated rings. The number of piperidine rings is 1. The predicted molar refractivity (Wildman–Crippen MR) is 54.7 cm³/mol. The minimum absolute atomic E-state index is 0.198. The topological polar surface area (TPSA) is 20.3 Å². The van der Waals surface area contributed by atoms with E-state index in [1.807, 2.05) is 13.8 Å². The zero-order valence-corrected chi connectivity index (χ0v) is 9.42. The van der Waals surface area contributed by atoms with E-state index in [2.05, 4.69) is 25.7 Å². The molecule has 0 spiro atoms. The molecule has 2 nitrogen and oxygen atoms in total. The van der Waals surface area contributed by atoms with Gasteiger partial charge >= 0.3 is 0 Å². The molecule has 1 rings (SSSR count). The number of hydrogen-bond donors (Lipinski definition) is 0. The Balaban J connectivity index is 2.69. The molecule has 0 aromatic heterocycles. The van der Waals surface area contributed by atoms with Crippen molar-refractivity contribution in [1.29, 1.82) is 0 Å². The Morgan fingerprint density at radius 2 is 1.54 bits per heavy atom. The van der Waals surface area contributed by atoms with Crippen LogP contribution < -0.4 is 0 Å². The summed E-state index contributed by atoms with van der Waals surface area (Å²) in [4.78, 5) is 14.0. The second-order valence-electron chi connectivity index (χ2n) is 5.28. The third kappa shape index (κ3) is 2.31. The summed E-state index contributed by atoms with van der Waals surface area (Å²) >= 11 is 0. The molecule has 0 bridgehead atoms. The second kappa shape index (κ2) is 3.41. The molecule has 1 heterocycles. The first-order chi connectivity index (χ1) is 5.82. The highest BCUT2D eigenvalue weighted by molar-refractivity contribution is 5.84. The van der Waals surface area contributed by atoms with Crippen molar-refractivity contribution >= 4 is 5.78 Å². The van der Waals surface area contributed by atoms with Gasteiger partial charge in [0.15, 0.2) is 0 Å². The van der Waals surface area contributed by atoms with E-state index in [0.717, 1.165) is 13.1 Å². The molecule has 13 heavy (non-hydrogen) atoms. The van der Waals surface area contributed by atoms with Crippen molar-refractivity contribution in [2.75, 3.05) is 13.1 Å². The van der Waals surface area contributed by atoms with Gasteiger partial charge in [-0.15, -0.1) is 0 Å². The van der Waals surface area contributed by atoms with E-state index < -0.39 is 0 Å². The van der Waals surface area contributed by atoms with Crippen LogP contribution in [-0.4, -0.2) is 29.3 Å². The minimum atomic E-state index is 0.198. The van der Waals surface area contributed by atoms with Crippen LogP contribution in [0.1, 0.15) is 34.6 Å². The summed E-state index contributed by atoms with van der Waals surface area (Å²) < 4.78 is 0. The fourth-order valence-corrected chi connectivity index (χ4v) is 1.95. The molecule has 0 aliphatic carbocycles. The van der Waals surface area contributed by atoms with Gasteiger partial charge in [-0.1, -0.05) is 13.8 Å². The van der Waals surface area contributed by atoms with Gasteiger partial charge in [0.25, 0.3) is 0 Å². The summed E-state index contributed by atoms with van der Waals surface area (Å²) in [6.45, 7) is 12.6. The second-order valence-corrected chi connectivity index (χ2v) is 5.28. The van der Waals surface area contributed by atoms with Crippen molar-refractivity contribution in [2.45, 2.75) is 40.2 Å². The lowest BCUT2D eigenvalue weighted by Gasteiger charge is -2.42. The van der Waals surface area contributed by atoms with Gasteiger partial charge in [-0.25, -0.2) is 0 Å². The lowest BCUT2D eigenvalue weighted by Crippen LogP contribution is -2.52. The van der Waals surface area contributed by atoms with E-state index in [-0.39, 0.29) is 17.4 Å². The third-order valence-electron chi connectivity index (χ3n) is 2.91. The van der Waals surface area contributed by atoms with Crippen LogP contribution >= 0.6 is 0 Å². The largest absolute Gasteiger partial charge is 0.299 e. The van der Waals surface area contributed by atoms with Gasteiger partial charge in [0.05, 0.1) is 0 Å². The Bertz CT molecular complexity index is 191. The first-order valence-electron chi connectivity index (χ1n) is 5.11. The van der Waals surface area contributed by atoms with Gasteiger partial charge in [0, 0.05) is 30.5 Å². The highest BCUT2D eigenvalue weighted by Gasteiger charge is 2.34. The maximum atomic E-state index is 11.6. The van der Waals surface area contributed by atoms with Crippen LogP contribution in [0.5, 0.6) is 0 Å². The van der Waals surface area contributed by atoms with Crippen molar-refractivity contribution in [3.63, 3.8) is 0 Å². The van der Waals surface area contributed by atoms with Crippen LogP contribution in [0.25, 0.3) is 0 Å². The molecular formula is C11H21NO. The lowest BCUT2D eigenvalue weighted by atomic mass is 9.87. The van der Waals surface area contributed by atoms with Crippen LogP contribution in [0, 0.1) is 11.8 Å². The fraction of sp³-hybridized carbons (Fsp3) is 0.909. The van der Waals surface area contributed by atoms with Crippen LogP contribution in [0.3, 0.4) is 0 Å². The molecule has 2 heteroatoms. The van der Waals surface area contributed by atoms with E-state index >= 15 is 0 Å². The van der Waals surface area contributed by atoms with Gasteiger partial charge in [-0.05, 0) is 20.8 Å². The number of nitrogens with zero attached hydrogens (tertiary/aromatic N) is 1.